The second kappa shape index (κ2) is 8.90. The van der Waals surface area contributed by atoms with E-state index in [9.17, 15) is 4.79 Å². The van der Waals surface area contributed by atoms with Gasteiger partial charge in [-0.05, 0) is 18.4 Å². The molecule has 1 rings (SSSR count). The Morgan fingerprint density at radius 2 is 1.94 bits per heavy atom. The molecule has 0 spiro atoms. The molecule has 0 aliphatic rings. The zero-order chi connectivity index (χ0) is 12.3. The highest BCUT2D eigenvalue weighted by molar-refractivity contribution is 5.79. The maximum atomic E-state index is 11.1. The third-order valence-electron chi connectivity index (χ3n) is 2.41. The Morgan fingerprint density at radius 3 is 2.65 bits per heavy atom. The molecule has 17 heavy (non-hydrogen) atoms. The monoisotopic (exact) mass is 236 g/mol. The first-order valence-corrected chi connectivity index (χ1v) is 5.95. The fourth-order valence-corrected chi connectivity index (χ4v) is 1.52. The summed E-state index contributed by atoms with van der Waals surface area (Å²) in [5.74, 6) is 0.163. The summed E-state index contributed by atoms with van der Waals surface area (Å²) in [7, 11) is 1.54. The number of methoxy groups -OCH3 is 1. The lowest BCUT2D eigenvalue weighted by Gasteiger charge is -2.04. The summed E-state index contributed by atoms with van der Waals surface area (Å²) < 4.78 is 10.3. The Hall–Kier alpha value is -1.19. The molecule has 0 fully saturated rings. The highest BCUT2D eigenvalue weighted by Crippen LogP contribution is 2.02. The highest BCUT2D eigenvalue weighted by Gasteiger charge is 2.00. The van der Waals surface area contributed by atoms with Crippen molar-refractivity contribution in [3.8, 4) is 0 Å². The van der Waals surface area contributed by atoms with E-state index in [0.717, 1.165) is 12.8 Å². The number of carbonyl (C=O) groups is 1. The first-order chi connectivity index (χ1) is 8.33. The molecule has 0 aromatic heterocycles. The summed E-state index contributed by atoms with van der Waals surface area (Å²) in [4.78, 5) is 11.1. The normalized spacial score (nSPS) is 10.4. The third-order valence-corrected chi connectivity index (χ3v) is 2.41. The second-order valence-electron chi connectivity index (χ2n) is 3.97. The fraction of sp³-hybridized carbons (Fsp3) is 0.500. The van der Waals surface area contributed by atoms with Crippen LogP contribution in [0.1, 0.15) is 24.8 Å². The number of benzene rings is 1. The number of ketones is 1. The van der Waals surface area contributed by atoms with Crippen molar-refractivity contribution in [2.45, 2.75) is 25.9 Å². The average molecular weight is 236 g/mol. The van der Waals surface area contributed by atoms with Gasteiger partial charge in [0, 0.05) is 20.1 Å². The lowest BCUT2D eigenvalue weighted by Crippen LogP contribution is -2.06. The van der Waals surface area contributed by atoms with Crippen LogP contribution in [0.4, 0.5) is 0 Å². The molecule has 0 unspecified atom stereocenters. The van der Waals surface area contributed by atoms with Gasteiger partial charge in [-0.15, -0.1) is 0 Å². The predicted molar refractivity (Wildman–Crippen MR) is 66.8 cm³/mol. The number of ether oxygens (including phenoxy) is 2. The largest absolute Gasteiger partial charge is 0.377 e. The Labute approximate surface area is 103 Å². The SMILES string of the molecule is COCC(=O)CCCCOCc1ccccc1. The second-order valence-corrected chi connectivity index (χ2v) is 3.97. The molecular weight excluding hydrogens is 216 g/mol. The van der Waals surface area contributed by atoms with Crippen LogP contribution in [-0.4, -0.2) is 26.1 Å². The highest BCUT2D eigenvalue weighted by atomic mass is 16.5. The summed E-state index contributed by atoms with van der Waals surface area (Å²) in [6, 6.07) is 10.1. The average Bonchev–Trinajstić information content (AvgIpc) is 2.35. The molecule has 0 bridgehead atoms. The molecule has 0 saturated carbocycles. The molecule has 3 heteroatoms. The fourth-order valence-electron chi connectivity index (χ4n) is 1.52. The van der Waals surface area contributed by atoms with E-state index >= 15 is 0 Å². The maximum absolute atomic E-state index is 11.1. The molecule has 0 aliphatic carbocycles. The molecule has 1 aromatic carbocycles. The Bertz CT molecular complexity index is 309. The summed E-state index contributed by atoms with van der Waals surface area (Å²) >= 11 is 0. The Kier molecular flexibility index (Phi) is 7.27. The van der Waals surface area contributed by atoms with Crippen molar-refractivity contribution in [3.05, 3.63) is 35.9 Å². The van der Waals surface area contributed by atoms with Crippen molar-refractivity contribution < 1.29 is 14.3 Å². The molecule has 3 nitrogen and oxygen atoms in total. The summed E-state index contributed by atoms with van der Waals surface area (Å²) in [5, 5.41) is 0. The van der Waals surface area contributed by atoms with Gasteiger partial charge in [-0.3, -0.25) is 4.79 Å². The number of hydrogen-bond donors (Lipinski definition) is 0. The van der Waals surface area contributed by atoms with Crippen LogP contribution in [0.5, 0.6) is 0 Å². The van der Waals surface area contributed by atoms with Crippen LogP contribution in [0.2, 0.25) is 0 Å². The van der Waals surface area contributed by atoms with Gasteiger partial charge in [-0.2, -0.15) is 0 Å². The van der Waals surface area contributed by atoms with Crippen molar-refractivity contribution in [3.63, 3.8) is 0 Å². The third kappa shape index (κ3) is 6.87. The van der Waals surface area contributed by atoms with E-state index in [4.69, 9.17) is 9.47 Å². The van der Waals surface area contributed by atoms with E-state index in [1.54, 1.807) is 7.11 Å². The summed E-state index contributed by atoms with van der Waals surface area (Å²) in [6.07, 6.45) is 2.38. The van der Waals surface area contributed by atoms with E-state index < -0.39 is 0 Å². The minimum Gasteiger partial charge on any atom is -0.377 e. The summed E-state index contributed by atoms with van der Waals surface area (Å²) in [6.45, 7) is 1.58. The van der Waals surface area contributed by atoms with Crippen molar-refractivity contribution in [1.82, 2.24) is 0 Å². The molecule has 94 valence electrons. The van der Waals surface area contributed by atoms with Crippen LogP contribution in [0.25, 0.3) is 0 Å². The van der Waals surface area contributed by atoms with Gasteiger partial charge >= 0.3 is 0 Å². The van der Waals surface area contributed by atoms with Gasteiger partial charge < -0.3 is 9.47 Å². The van der Waals surface area contributed by atoms with Gasteiger partial charge in [-0.25, -0.2) is 0 Å². The van der Waals surface area contributed by atoms with Crippen LogP contribution in [-0.2, 0) is 20.9 Å². The standard InChI is InChI=1S/C14H20O3/c1-16-12-14(15)9-5-6-10-17-11-13-7-3-2-4-8-13/h2-4,7-8H,5-6,9-12H2,1H3. The lowest BCUT2D eigenvalue weighted by molar-refractivity contribution is -0.122. The van der Waals surface area contributed by atoms with E-state index in [-0.39, 0.29) is 12.4 Å². The lowest BCUT2D eigenvalue weighted by atomic mass is 10.2. The molecule has 0 N–H and O–H groups in total. The molecule has 1 aromatic rings. The van der Waals surface area contributed by atoms with Gasteiger partial charge in [0.1, 0.15) is 6.61 Å². The molecule has 0 saturated heterocycles. The molecule has 0 aliphatic heterocycles. The first kappa shape index (κ1) is 13.9. The van der Waals surface area contributed by atoms with Crippen LogP contribution in [0, 0.1) is 0 Å². The molecule has 0 atom stereocenters. The van der Waals surface area contributed by atoms with Gasteiger partial charge in [-0.1, -0.05) is 30.3 Å². The van der Waals surface area contributed by atoms with Gasteiger partial charge in [0.25, 0.3) is 0 Å². The van der Waals surface area contributed by atoms with Gasteiger partial charge in [0.15, 0.2) is 5.78 Å². The molecular formula is C14H20O3. The van der Waals surface area contributed by atoms with E-state index in [0.29, 0.717) is 19.6 Å². The zero-order valence-corrected chi connectivity index (χ0v) is 10.4. The predicted octanol–water partition coefficient (Wildman–Crippen LogP) is 2.59. The van der Waals surface area contributed by atoms with Crippen molar-refractivity contribution in [1.29, 1.82) is 0 Å². The zero-order valence-electron chi connectivity index (χ0n) is 10.4. The number of unbranched alkanes of at least 4 members (excludes halogenated alkanes) is 1. The van der Waals surface area contributed by atoms with Gasteiger partial charge in [0.05, 0.1) is 6.61 Å². The molecule has 0 amide bonds. The van der Waals surface area contributed by atoms with E-state index in [1.165, 1.54) is 5.56 Å². The molecule has 0 heterocycles. The van der Waals surface area contributed by atoms with Crippen LogP contribution < -0.4 is 0 Å². The smallest absolute Gasteiger partial charge is 0.158 e. The summed E-state index contributed by atoms with van der Waals surface area (Å²) in [5.41, 5.74) is 1.18. The van der Waals surface area contributed by atoms with Crippen molar-refractivity contribution in [2.75, 3.05) is 20.3 Å². The minimum atomic E-state index is 0.163. The number of hydrogen-bond acceptors (Lipinski definition) is 3. The van der Waals surface area contributed by atoms with Crippen LogP contribution in [0.3, 0.4) is 0 Å². The van der Waals surface area contributed by atoms with Crippen molar-refractivity contribution in [2.24, 2.45) is 0 Å². The number of Topliss-reactive ketones (excluding diaryl/α,β-unsaturated/α-hetero) is 1. The Balaban J connectivity index is 1.96. The quantitative estimate of drug-likeness (QED) is 0.618. The van der Waals surface area contributed by atoms with Crippen molar-refractivity contribution >= 4 is 5.78 Å². The van der Waals surface area contributed by atoms with E-state index in [1.807, 2.05) is 30.3 Å². The van der Waals surface area contributed by atoms with Crippen LogP contribution in [0.15, 0.2) is 30.3 Å². The molecule has 0 radical (unpaired) electrons. The Morgan fingerprint density at radius 1 is 1.18 bits per heavy atom. The van der Waals surface area contributed by atoms with Gasteiger partial charge in [0.2, 0.25) is 0 Å². The first-order valence-electron chi connectivity index (χ1n) is 5.95. The van der Waals surface area contributed by atoms with Crippen LogP contribution >= 0.6 is 0 Å². The topological polar surface area (TPSA) is 35.5 Å². The maximum Gasteiger partial charge on any atom is 0.158 e. The number of carbonyl (C=O) groups excluding carboxylic acids is 1. The minimum absolute atomic E-state index is 0.163. The van der Waals surface area contributed by atoms with E-state index in [2.05, 4.69) is 0 Å². The number of rotatable bonds is 9.